The van der Waals surface area contributed by atoms with Crippen molar-refractivity contribution in [3.63, 3.8) is 0 Å². The van der Waals surface area contributed by atoms with E-state index < -0.39 is 0 Å². The van der Waals surface area contributed by atoms with Crippen molar-refractivity contribution in [3.8, 4) is 153 Å². The van der Waals surface area contributed by atoms with Crippen molar-refractivity contribution in [1.82, 2.24) is 58.6 Å². The average Bonchev–Trinajstić information content (AvgIpc) is 1.59. The molecular weight excluding hydrogens is 1840 g/mol. The standard InChI is InChI=1S/3C45H28N4O/c1-4-15-29(16-5-1)33-23-14-26-39-41(33)42-36(30-17-6-2-7-18-30)27-32(28-40(42)50-39)44-46-43(31-19-8-3-9-20-31)47-45(48-44)49-37-24-12-10-21-34(37)35-22-11-13-25-38(35)49;1-4-14-29(15-5-1)32-24-25-36-40(27-32)50-41-28-33(26-37(42(36)41)30-16-6-2-7-17-30)44-46-43(31-18-8-3-9-19-31)47-45(48-44)49-38-22-12-10-20-34(38)35-21-11-13-23-39(35)49;1-4-14-29(15-5-1)32-24-25-40-37(26-32)42-36(30-16-6-2-7-17-30)27-33(28-41(42)50-40)44-46-43(31-18-8-3-9-19-31)47-45(48-44)49-38-22-12-10-20-34(38)35-21-11-13-23-39(35)49/h3*1-28H. The van der Waals surface area contributed by atoms with Crippen LogP contribution in [0.1, 0.15) is 0 Å². The minimum Gasteiger partial charge on any atom is -0.456 e. The maximum Gasteiger partial charge on any atom is 0.238 e. The molecule has 0 aliphatic rings. The van der Waals surface area contributed by atoms with Gasteiger partial charge in [0, 0.05) is 98.0 Å². The summed E-state index contributed by atoms with van der Waals surface area (Å²) in [6.07, 6.45) is 0. The Balaban J connectivity index is 0.000000108. The molecular formula is C135H84N12O3. The number of fused-ring (bicyclic) bond motifs is 18. The highest BCUT2D eigenvalue weighted by Gasteiger charge is 2.28. The van der Waals surface area contributed by atoms with Gasteiger partial charge < -0.3 is 13.3 Å². The summed E-state index contributed by atoms with van der Waals surface area (Å²) in [4.78, 5) is 46.4. The van der Waals surface area contributed by atoms with E-state index in [0.717, 1.165) is 231 Å². The van der Waals surface area contributed by atoms with Crippen LogP contribution in [0.15, 0.2) is 523 Å². The first kappa shape index (κ1) is 87.3. The van der Waals surface area contributed by atoms with E-state index in [1.165, 1.54) is 0 Å². The highest BCUT2D eigenvalue weighted by atomic mass is 16.3. The average molecular weight is 1920 g/mol. The number of hydrogen-bond acceptors (Lipinski definition) is 12. The summed E-state index contributed by atoms with van der Waals surface area (Å²) in [6, 6.07) is 176. The van der Waals surface area contributed by atoms with Crippen LogP contribution in [0.2, 0.25) is 0 Å². The summed E-state index contributed by atoms with van der Waals surface area (Å²) in [7, 11) is 0. The van der Waals surface area contributed by atoms with Crippen LogP contribution in [0.4, 0.5) is 0 Å². The molecule has 0 amide bonds. The summed E-state index contributed by atoms with van der Waals surface area (Å²) in [6.45, 7) is 0. The lowest BCUT2D eigenvalue weighted by molar-refractivity contribution is 0.668. The van der Waals surface area contributed by atoms with E-state index in [-0.39, 0.29) is 0 Å². The molecule has 0 aliphatic heterocycles. The first-order valence-corrected chi connectivity index (χ1v) is 50.1. The molecule has 0 N–H and O–H groups in total. The summed E-state index contributed by atoms with van der Waals surface area (Å²) < 4.78 is 26.4. The topological polar surface area (TPSA) is 170 Å². The monoisotopic (exact) mass is 1920 g/mol. The summed E-state index contributed by atoms with van der Waals surface area (Å²) >= 11 is 0. The second-order valence-corrected chi connectivity index (χ2v) is 37.3. The van der Waals surface area contributed by atoms with Crippen molar-refractivity contribution in [3.05, 3.63) is 510 Å². The van der Waals surface area contributed by atoms with Gasteiger partial charge in [0.1, 0.15) is 33.5 Å². The highest BCUT2D eigenvalue weighted by molar-refractivity contribution is 6.21. The fraction of sp³-hybridized carbons (Fsp3) is 0. The number of hydrogen-bond donors (Lipinski definition) is 0. The van der Waals surface area contributed by atoms with Gasteiger partial charge in [0.15, 0.2) is 34.9 Å². The molecule has 30 rings (SSSR count). The van der Waals surface area contributed by atoms with Gasteiger partial charge >= 0.3 is 0 Å². The number of furan rings is 3. The van der Waals surface area contributed by atoms with Gasteiger partial charge in [-0.15, -0.1) is 0 Å². The molecule has 0 unspecified atom stereocenters. The normalized spacial score (nSPS) is 11.6. The van der Waals surface area contributed by atoms with Crippen LogP contribution in [-0.4, -0.2) is 58.6 Å². The largest absolute Gasteiger partial charge is 0.456 e. The zero-order chi connectivity index (χ0) is 99.1. The fourth-order valence-corrected chi connectivity index (χ4v) is 21.5. The SMILES string of the molecule is c1ccc(-c2ccc3c(c2)oc2cc(-c4nc(-c5ccccc5)nc(-n5c6ccccc6c6ccccc65)n4)cc(-c4ccccc4)c23)cc1.c1ccc(-c2ccc3oc4cc(-c5nc(-c6ccccc6)nc(-n6c7ccccc7c7ccccc76)n5)cc(-c5ccccc5)c4c3c2)cc1.c1ccc(-c2nc(-c3cc(-c4ccccc4)c4c(c3)oc3cccc(-c5ccccc5)c34)nc(-n3c4ccccc4c4ccccc43)n2)cc1. The number of para-hydroxylation sites is 6. The second-order valence-electron chi connectivity index (χ2n) is 37.3. The molecule has 0 saturated heterocycles. The lowest BCUT2D eigenvalue weighted by Crippen LogP contribution is -2.06. The second kappa shape index (κ2) is 37.0. The quantitative estimate of drug-likeness (QED) is 0.0953. The predicted octanol–water partition coefficient (Wildman–Crippen LogP) is 34.6. The predicted molar refractivity (Wildman–Crippen MR) is 610 cm³/mol. The Labute approximate surface area is 859 Å². The van der Waals surface area contributed by atoms with Crippen LogP contribution < -0.4 is 0 Å². The van der Waals surface area contributed by atoms with Crippen LogP contribution in [0.3, 0.4) is 0 Å². The molecule has 0 fully saturated rings. The van der Waals surface area contributed by atoms with Gasteiger partial charge in [-0.25, -0.2) is 15.0 Å². The van der Waals surface area contributed by atoms with Crippen LogP contribution in [-0.2, 0) is 0 Å². The van der Waals surface area contributed by atoms with Crippen molar-refractivity contribution in [1.29, 1.82) is 0 Å². The minimum atomic E-state index is 0.559. The van der Waals surface area contributed by atoms with E-state index in [1.807, 2.05) is 133 Å². The van der Waals surface area contributed by atoms with Crippen molar-refractivity contribution < 1.29 is 13.3 Å². The number of nitrogens with zero attached hydrogens (tertiary/aromatic N) is 12. The molecule has 0 saturated carbocycles. The van der Waals surface area contributed by atoms with Crippen LogP contribution >= 0.6 is 0 Å². The Morgan fingerprint density at radius 2 is 0.373 bits per heavy atom. The molecule has 0 aliphatic carbocycles. The molecule has 0 radical (unpaired) electrons. The number of aromatic nitrogens is 12. The van der Waals surface area contributed by atoms with Crippen molar-refractivity contribution in [2.45, 2.75) is 0 Å². The Bertz CT molecular complexity index is 10100. The van der Waals surface area contributed by atoms with Crippen molar-refractivity contribution in [2.75, 3.05) is 0 Å². The summed E-state index contributed by atoms with van der Waals surface area (Å²) in [5.41, 5.74) is 29.6. The molecule has 15 nitrogen and oxygen atoms in total. The molecule has 0 atom stereocenters. The third-order valence-electron chi connectivity index (χ3n) is 28.4. The Kier molecular flexibility index (Phi) is 21.5. The highest BCUT2D eigenvalue weighted by Crippen LogP contribution is 2.49. The lowest BCUT2D eigenvalue weighted by Gasteiger charge is -2.12. The third-order valence-corrected chi connectivity index (χ3v) is 28.4. The molecule has 150 heavy (non-hydrogen) atoms. The Morgan fingerprint density at radius 1 is 0.127 bits per heavy atom. The van der Waals surface area contributed by atoms with Crippen molar-refractivity contribution >= 4 is 131 Å². The summed E-state index contributed by atoms with van der Waals surface area (Å²) in [5, 5.41) is 13.3. The third kappa shape index (κ3) is 15.6. The van der Waals surface area contributed by atoms with Gasteiger partial charge in [-0.05, 0) is 170 Å². The zero-order valence-corrected chi connectivity index (χ0v) is 80.6. The van der Waals surface area contributed by atoms with E-state index >= 15 is 0 Å². The van der Waals surface area contributed by atoms with Crippen LogP contribution in [0.25, 0.3) is 284 Å². The number of rotatable bonds is 15. The van der Waals surface area contributed by atoms with Gasteiger partial charge in [-0.3, -0.25) is 13.7 Å². The fourth-order valence-electron chi connectivity index (χ4n) is 21.5. The maximum atomic E-state index is 6.70. The molecule has 0 bridgehead atoms. The van der Waals surface area contributed by atoms with Gasteiger partial charge in [-0.1, -0.05) is 406 Å². The van der Waals surface area contributed by atoms with Crippen molar-refractivity contribution in [2.24, 2.45) is 0 Å². The van der Waals surface area contributed by atoms with Crippen LogP contribution in [0, 0.1) is 0 Å². The molecule has 9 aromatic heterocycles. The van der Waals surface area contributed by atoms with Crippen LogP contribution in [0.5, 0.6) is 0 Å². The molecule has 21 aromatic carbocycles. The zero-order valence-electron chi connectivity index (χ0n) is 80.6. The van der Waals surface area contributed by atoms with Gasteiger partial charge in [0.25, 0.3) is 0 Å². The Morgan fingerprint density at radius 3 is 0.720 bits per heavy atom. The van der Waals surface area contributed by atoms with Gasteiger partial charge in [0.05, 0.1) is 33.1 Å². The lowest BCUT2D eigenvalue weighted by atomic mass is 9.93. The van der Waals surface area contributed by atoms with Gasteiger partial charge in [0.2, 0.25) is 17.8 Å². The summed E-state index contributed by atoms with van der Waals surface area (Å²) in [5.74, 6) is 5.19. The first-order valence-electron chi connectivity index (χ1n) is 50.1. The molecule has 0 spiro atoms. The molecule has 15 heteroatoms. The molecule has 702 valence electrons. The minimum absolute atomic E-state index is 0.559. The van der Waals surface area contributed by atoms with E-state index in [0.29, 0.717) is 52.8 Å². The number of benzene rings is 21. The van der Waals surface area contributed by atoms with Gasteiger partial charge in [-0.2, -0.15) is 29.9 Å². The molecule has 30 aromatic rings. The maximum absolute atomic E-state index is 6.70. The van der Waals surface area contributed by atoms with E-state index in [4.69, 9.17) is 58.1 Å². The first-order chi connectivity index (χ1) is 74.4. The van der Waals surface area contributed by atoms with E-state index in [2.05, 4.69) is 390 Å². The van der Waals surface area contributed by atoms with E-state index in [1.54, 1.807) is 0 Å². The Hall–Kier alpha value is -20.6. The van der Waals surface area contributed by atoms with E-state index in [9.17, 15) is 0 Å². The molecule has 9 heterocycles. The smallest absolute Gasteiger partial charge is 0.238 e.